The topological polar surface area (TPSA) is 93.3 Å². The van der Waals surface area contributed by atoms with Gasteiger partial charge in [-0.2, -0.15) is 5.10 Å². The lowest BCUT2D eigenvalue weighted by Gasteiger charge is -2.27. The molecule has 0 fully saturated rings. The minimum absolute atomic E-state index is 0.175. The molecule has 2 heterocycles. The van der Waals surface area contributed by atoms with Gasteiger partial charge in [0.2, 0.25) is 0 Å². The minimum Gasteiger partial charge on any atom is -0.493 e. The standard InChI is InChI=1S/C15H15N3O4/c1-21-12-4-2-3-9-5-11(8-22-14(9)12)17-15(20)10-6-13(19)18-16-7-10/h2-4,6-7,11H,5,8H2,1H3,(H,17,20)(H,18,19). The van der Waals surface area contributed by atoms with Gasteiger partial charge in [-0.3, -0.25) is 9.59 Å². The Morgan fingerprint density at radius 2 is 2.36 bits per heavy atom. The summed E-state index contributed by atoms with van der Waals surface area (Å²) in [6, 6.07) is 6.69. The van der Waals surface area contributed by atoms with E-state index in [4.69, 9.17) is 9.47 Å². The second kappa shape index (κ2) is 5.88. The normalized spacial score (nSPS) is 16.3. The average molecular weight is 301 g/mol. The fraction of sp³-hybridized carbons (Fsp3) is 0.267. The summed E-state index contributed by atoms with van der Waals surface area (Å²) in [5.74, 6) is 1.05. The van der Waals surface area contributed by atoms with Gasteiger partial charge in [0, 0.05) is 11.6 Å². The number of nitrogens with one attached hydrogen (secondary N) is 2. The quantitative estimate of drug-likeness (QED) is 0.861. The molecule has 1 amide bonds. The van der Waals surface area contributed by atoms with Crippen LogP contribution in [-0.2, 0) is 6.42 Å². The number of nitrogens with zero attached hydrogens (tertiary/aromatic N) is 1. The van der Waals surface area contributed by atoms with Gasteiger partial charge in [-0.05, 0) is 12.5 Å². The predicted molar refractivity (Wildman–Crippen MR) is 78.3 cm³/mol. The molecule has 0 bridgehead atoms. The second-order valence-electron chi connectivity index (χ2n) is 4.97. The van der Waals surface area contributed by atoms with Crippen molar-refractivity contribution in [1.29, 1.82) is 0 Å². The van der Waals surface area contributed by atoms with Gasteiger partial charge >= 0.3 is 0 Å². The third-order valence-electron chi connectivity index (χ3n) is 3.44. The first-order valence-electron chi connectivity index (χ1n) is 6.81. The number of aromatic nitrogens is 2. The Balaban J connectivity index is 1.73. The van der Waals surface area contributed by atoms with Crippen molar-refractivity contribution in [2.45, 2.75) is 12.5 Å². The molecule has 22 heavy (non-hydrogen) atoms. The smallest absolute Gasteiger partial charge is 0.264 e. The number of H-pyrrole nitrogens is 1. The van der Waals surface area contributed by atoms with Gasteiger partial charge < -0.3 is 14.8 Å². The number of rotatable bonds is 3. The lowest BCUT2D eigenvalue weighted by molar-refractivity contribution is 0.0913. The zero-order valence-corrected chi connectivity index (χ0v) is 12.0. The summed E-state index contributed by atoms with van der Waals surface area (Å²) in [5.41, 5.74) is 0.780. The molecular weight excluding hydrogens is 286 g/mol. The summed E-state index contributed by atoms with van der Waals surface area (Å²) in [6.45, 7) is 0.343. The second-order valence-corrected chi connectivity index (χ2v) is 4.97. The zero-order chi connectivity index (χ0) is 15.5. The van der Waals surface area contributed by atoms with Crippen LogP contribution >= 0.6 is 0 Å². The van der Waals surface area contributed by atoms with Gasteiger partial charge in [0.1, 0.15) is 6.61 Å². The molecule has 7 nitrogen and oxygen atoms in total. The van der Waals surface area contributed by atoms with Crippen LogP contribution in [-0.4, -0.2) is 35.9 Å². The summed E-state index contributed by atoms with van der Waals surface area (Å²) in [4.78, 5) is 23.3. The van der Waals surface area contributed by atoms with E-state index in [-0.39, 0.29) is 17.5 Å². The summed E-state index contributed by atoms with van der Waals surface area (Å²) in [7, 11) is 1.59. The minimum atomic E-state index is -0.414. The van der Waals surface area contributed by atoms with E-state index in [0.29, 0.717) is 24.5 Å². The molecule has 1 aromatic heterocycles. The number of aromatic amines is 1. The predicted octanol–water partition coefficient (Wildman–Crippen LogP) is 0.512. The van der Waals surface area contributed by atoms with Crippen LogP contribution < -0.4 is 20.3 Å². The number of fused-ring (bicyclic) bond motifs is 1. The SMILES string of the molecule is COc1cccc2c1OCC(NC(=O)c1cn[nH]c(=O)c1)C2. The molecule has 1 aliphatic heterocycles. The number of amides is 1. The van der Waals surface area contributed by atoms with Gasteiger partial charge in [-0.1, -0.05) is 12.1 Å². The monoisotopic (exact) mass is 301 g/mol. The Morgan fingerprint density at radius 3 is 3.14 bits per heavy atom. The molecule has 1 atom stereocenters. The number of methoxy groups -OCH3 is 1. The number of benzene rings is 1. The molecule has 1 aromatic carbocycles. The van der Waals surface area contributed by atoms with Crippen LogP contribution in [0.5, 0.6) is 11.5 Å². The fourth-order valence-electron chi connectivity index (χ4n) is 2.42. The molecule has 2 N–H and O–H groups in total. The van der Waals surface area contributed by atoms with E-state index in [0.717, 1.165) is 5.56 Å². The van der Waals surface area contributed by atoms with Gasteiger partial charge in [-0.15, -0.1) is 0 Å². The van der Waals surface area contributed by atoms with E-state index in [1.54, 1.807) is 7.11 Å². The molecule has 3 rings (SSSR count). The number of hydrogen-bond donors (Lipinski definition) is 2. The molecule has 7 heteroatoms. The van der Waals surface area contributed by atoms with Crippen LogP contribution in [0.1, 0.15) is 15.9 Å². The van der Waals surface area contributed by atoms with Gasteiger partial charge in [-0.25, -0.2) is 5.10 Å². The maximum Gasteiger partial charge on any atom is 0.264 e. The highest BCUT2D eigenvalue weighted by atomic mass is 16.5. The lowest BCUT2D eigenvalue weighted by atomic mass is 10.0. The Morgan fingerprint density at radius 1 is 1.50 bits per heavy atom. The third-order valence-corrected chi connectivity index (χ3v) is 3.44. The Bertz CT molecular complexity index is 756. The van der Waals surface area contributed by atoms with E-state index in [9.17, 15) is 9.59 Å². The van der Waals surface area contributed by atoms with Crippen LogP contribution in [0.3, 0.4) is 0 Å². The Labute approximate surface area is 126 Å². The van der Waals surface area contributed by atoms with E-state index in [1.165, 1.54) is 12.3 Å². The van der Waals surface area contributed by atoms with E-state index < -0.39 is 5.56 Å². The van der Waals surface area contributed by atoms with Crippen LogP contribution in [0.25, 0.3) is 0 Å². The Kier molecular flexibility index (Phi) is 3.78. The number of hydrogen-bond acceptors (Lipinski definition) is 5. The molecule has 114 valence electrons. The maximum atomic E-state index is 12.1. The molecule has 0 aliphatic carbocycles. The molecule has 0 spiro atoms. The molecular formula is C15H15N3O4. The fourth-order valence-corrected chi connectivity index (χ4v) is 2.42. The molecule has 0 radical (unpaired) electrons. The summed E-state index contributed by atoms with van der Waals surface area (Å²) in [6.07, 6.45) is 1.95. The number of para-hydroxylation sites is 1. The summed E-state index contributed by atoms with van der Waals surface area (Å²) < 4.78 is 10.9. The van der Waals surface area contributed by atoms with Crippen molar-refractivity contribution in [3.63, 3.8) is 0 Å². The lowest BCUT2D eigenvalue weighted by Crippen LogP contribution is -2.43. The number of carbonyl (C=O) groups is 1. The van der Waals surface area contributed by atoms with Crippen molar-refractivity contribution >= 4 is 5.91 Å². The highest BCUT2D eigenvalue weighted by Crippen LogP contribution is 2.34. The van der Waals surface area contributed by atoms with Crippen molar-refractivity contribution in [3.8, 4) is 11.5 Å². The van der Waals surface area contributed by atoms with Gasteiger partial charge in [0.15, 0.2) is 11.5 Å². The van der Waals surface area contributed by atoms with E-state index in [1.807, 2.05) is 18.2 Å². The third kappa shape index (κ3) is 2.78. The van der Waals surface area contributed by atoms with Gasteiger partial charge in [0.25, 0.3) is 11.5 Å². The van der Waals surface area contributed by atoms with Crippen molar-refractivity contribution in [3.05, 3.63) is 51.9 Å². The molecule has 0 saturated heterocycles. The van der Waals surface area contributed by atoms with Crippen molar-refractivity contribution < 1.29 is 14.3 Å². The summed E-state index contributed by atoms with van der Waals surface area (Å²) in [5, 5.41) is 8.69. The maximum absolute atomic E-state index is 12.1. The highest BCUT2D eigenvalue weighted by molar-refractivity contribution is 5.93. The van der Waals surface area contributed by atoms with Crippen LogP contribution in [0.15, 0.2) is 35.3 Å². The van der Waals surface area contributed by atoms with Crippen molar-refractivity contribution in [2.75, 3.05) is 13.7 Å². The summed E-state index contributed by atoms with van der Waals surface area (Å²) >= 11 is 0. The first-order valence-corrected chi connectivity index (χ1v) is 6.81. The zero-order valence-electron chi connectivity index (χ0n) is 12.0. The largest absolute Gasteiger partial charge is 0.493 e. The van der Waals surface area contributed by atoms with E-state index in [2.05, 4.69) is 15.5 Å². The van der Waals surface area contributed by atoms with Crippen molar-refractivity contribution in [2.24, 2.45) is 0 Å². The first-order chi connectivity index (χ1) is 10.7. The van der Waals surface area contributed by atoms with Gasteiger partial charge in [0.05, 0.1) is 24.9 Å². The Hall–Kier alpha value is -2.83. The average Bonchev–Trinajstić information content (AvgIpc) is 2.54. The van der Waals surface area contributed by atoms with E-state index >= 15 is 0 Å². The highest BCUT2D eigenvalue weighted by Gasteiger charge is 2.24. The molecule has 1 unspecified atom stereocenters. The van der Waals surface area contributed by atoms with Crippen LogP contribution in [0.4, 0.5) is 0 Å². The molecule has 2 aromatic rings. The van der Waals surface area contributed by atoms with Crippen LogP contribution in [0, 0.1) is 0 Å². The van der Waals surface area contributed by atoms with Crippen molar-refractivity contribution in [1.82, 2.24) is 15.5 Å². The van der Waals surface area contributed by atoms with Crippen LogP contribution in [0.2, 0.25) is 0 Å². The number of ether oxygens (including phenoxy) is 2. The number of carbonyl (C=O) groups excluding carboxylic acids is 1. The molecule has 1 aliphatic rings. The molecule has 0 saturated carbocycles. The first kappa shape index (κ1) is 14.1.